The number of aryl methyl sites for hydroxylation is 1. The van der Waals surface area contributed by atoms with E-state index in [2.05, 4.69) is 28.2 Å². The SMILES string of the molecule is O=C1CCCCc2[nH]c3ccc(-c4cccnc4)cc3c21. The van der Waals surface area contributed by atoms with Crippen LogP contribution >= 0.6 is 0 Å². The highest BCUT2D eigenvalue weighted by Crippen LogP contribution is 2.31. The fourth-order valence-corrected chi connectivity index (χ4v) is 3.18. The third kappa shape index (κ3) is 2.05. The minimum absolute atomic E-state index is 0.275. The molecule has 0 fully saturated rings. The van der Waals surface area contributed by atoms with E-state index in [-0.39, 0.29) is 5.78 Å². The van der Waals surface area contributed by atoms with Crippen LogP contribution in [-0.2, 0) is 6.42 Å². The summed E-state index contributed by atoms with van der Waals surface area (Å²) in [6.45, 7) is 0. The van der Waals surface area contributed by atoms with Crippen molar-refractivity contribution in [3.05, 3.63) is 54.0 Å². The number of pyridine rings is 1. The van der Waals surface area contributed by atoms with Crippen molar-refractivity contribution in [3.8, 4) is 11.1 Å². The van der Waals surface area contributed by atoms with E-state index in [1.165, 1.54) is 0 Å². The van der Waals surface area contributed by atoms with Gasteiger partial charge in [-0.25, -0.2) is 0 Å². The second-order valence-electron chi connectivity index (χ2n) is 5.61. The average molecular weight is 276 g/mol. The van der Waals surface area contributed by atoms with Crippen LogP contribution in [0.15, 0.2) is 42.7 Å². The number of aromatic nitrogens is 2. The van der Waals surface area contributed by atoms with E-state index in [1.54, 1.807) is 6.20 Å². The third-order valence-electron chi connectivity index (χ3n) is 4.23. The van der Waals surface area contributed by atoms with Crippen LogP contribution in [0.5, 0.6) is 0 Å². The lowest BCUT2D eigenvalue weighted by atomic mass is 10.0. The lowest BCUT2D eigenvalue weighted by Gasteiger charge is -2.02. The molecule has 4 rings (SSSR count). The average Bonchev–Trinajstić information content (AvgIpc) is 2.79. The molecule has 2 aromatic heterocycles. The van der Waals surface area contributed by atoms with Crippen molar-refractivity contribution in [1.82, 2.24) is 9.97 Å². The minimum Gasteiger partial charge on any atom is -0.358 e. The second-order valence-corrected chi connectivity index (χ2v) is 5.61. The lowest BCUT2D eigenvalue weighted by Crippen LogP contribution is -1.97. The molecule has 0 saturated heterocycles. The van der Waals surface area contributed by atoms with E-state index in [9.17, 15) is 4.79 Å². The maximum absolute atomic E-state index is 12.4. The van der Waals surface area contributed by atoms with E-state index in [4.69, 9.17) is 0 Å². The molecule has 0 bridgehead atoms. The number of Topliss-reactive ketones (excluding diaryl/α,β-unsaturated/α-hetero) is 1. The molecule has 3 aromatic rings. The number of aromatic amines is 1. The predicted octanol–water partition coefficient (Wildman–Crippen LogP) is 4.14. The maximum atomic E-state index is 12.4. The summed E-state index contributed by atoms with van der Waals surface area (Å²) >= 11 is 0. The van der Waals surface area contributed by atoms with Gasteiger partial charge in [-0.1, -0.05) is 12.1 Å². The summed E-state index contributed by atoms with van der Waals surface area (Å²) in [7, 11) is 0. The minimum atomic E-state index is 0.275. The van der Waals surface area contributed by atoms with Gasteiger partial charge in [0, 0.05) is 46.5 Å². The Labute approximate surface area is 123 Å². The van der Waals surface area contributed by atoms with E-state index in [1.807, 2.05) is 18.3 Å². The van der Waals surface area contributed by atoms with Crippen LogP contribution in [0.4, 0.5) is 0 Å². The van der Waals surface area contributed by atoms with Gasteiger partial charge in [0.25, 0.3) is 0 Å². The van der Waals surface area contributed by atoms with Crippen LogP contribution in [0.1, 0.15) is 35.3 Å². The van der Waals surface area contributed by atoms with Crippen LogP contribution in [-0.4, -0.2) is 15.8 Å². The zero-order valence-corrected chi connectivity index (χ0v) is 11.7. The smallest absolute Gasteiger partial charge is 0.165 e. The Morgan fingerprint density at radius 2 is 1.95 bits per heavy atom. The third-order valence-corrected chi connectivity index (χ3v) is 4.23. The number of benzene rings is 1. The Hall–Kier alpha value is -2.42. The van der Waals surface area contributed by atoms with Crippen molar-refractivity contribution < 1.29 is 4.79 Å². The van der Waals surface area contributed by atoms with Gasteiger partial charge in [-0.2, -0.15) is 0 Å². The Bertz CT molecular complexity index is 818. The Balaban J connectivity index is 1.93. The standard InChI is InChI=1S/C18H16N2O/c21-17-6-2-1-5-16-18(17)14-10-12(7-8-15(14)20-16)13-4-3-9-19-11-13/h3-4,7-11,20H,1-2,5-6H2. The topological polar surface area (TPSA) is 45.8 Å². The molecule has 0 atom stereocenters. The molecule has 0 unspecified atom stereocenters. The van der Waals surface area contributed by atoms with E-state index >= 15 is 0 Å². The first-order chi connectivity index (χ1) is 10.3. The first-order valence-electron chi connectivity index (χ1n) is 7.41. The first-order valence-corrected chi connectivity index (χ1v) is 7.41. The highest BCUT2D eigenvalue weighted by atomic mass is 16.1. The molecule has 21 heavy (non-hydrogen) atoms. The van der Waals surface area contributed by atoms with Gasteiger partial charge in [0.15, 0.2) is 5.78 Å². The molecular weight excluding hydrogens is 260 g/mol. The van der Waals surface area contributed by atoms with Gasteiger partial charge < -0.3 is 4.98 Å². The van der Waals surface area contributed by atoms with Gasteiger partial charge in [-0.3, -0.25) is 9.78 Å². The van der Waals surface area contributed by atoms with Gasteiger partial charge >= 0.3 is 0 Å². The molecule has 3 heteroatoms. The molecule has 0 aliphatic heterocycles. The number of nitrogens with zero attached hydrogens (tertiary/aromatic N) is 1. The van der Waals surface area contributed by atoms with E-state index in [0.29, 0.717) is 6.42 Å². The van der Waals surface area contributed by atoms with Crippen molar-refractivity contribution in [1.29, 1.82) is 0 Å². The normalized spacial score (nSPS) is 15.0. The fraction of sp³-hybridized carbons (Fsp3) is 0.222. The Morgan fingerprint density at radius 1 is 1.05 bits per heavy atom. The molecule has 0 spiro atoms. The van der Waals surface area contributed by atoms with Crippen molar-refractivity contribution in [2.45, 2.75) is 25.7 Å². The van der Waals surface area contributed by atoms with Crippen molar-refractivity contribution in [2.24, 2.45) is 0 Å². The Kier molecular flexibility index (Phi) is 2.85. The monoisotopic (exact) mass is 276 g/mol. The summed E-state index contributed by atoms with van der Waals surface area (Å²) in [6, 6.07) is 10.2. The summed E-state index contributed by atoms with van der Waals surface area (Å²) in [4.78, 5) is 20.0. The summed E-state index contributed by atoms with van der Waals surface area (Å²) in [6.07, 6.45) is 7.34. The van der Waals surface area contributed by atoms with Crippen molar-refractivity contribution >= 4 is 16.7 Å². The number of H-pyrrole nitrogens is 1. The van der Waals surface area contributed by atoms with Gasteiger partial charge in [0.2, 0.25) is 0 Å². The molecular formula is C18H16N2O. The lowest BCUT2D eigenvalue weighted by molar-refractivity contribution is 0.0983. The predicted molar refractivity (Wildman–Crippen MR) is 83.4 cm³/mol. The number of carbonyl (C=O) groups is 1. The number of nitrogens with one attached hydrogen (secondary N) is 1. The number of ketones is 1. The van der Waals surface area contributed by atoms with Crippen LogP contribution in [0, 0.1) is 0 Å². The van der Waals surface area contributed by atoms with Gasteiger partial charge in [0.05, 0.1) is 0 Å². The number of rotatable bonds is 1. The largest absolute Gasteiger partial charge is 0.358 e. The summed E-state index contributed by atoms with van der Waals surface area (Å²) in [5, 5.41) is 1.05. The molecule has 3 nitrogen and oxygen atoms in total. The van der Waals surface area contributed by atoms with Crippen LogP contribution in [0.2, 0.25) is 0 Å². The van der Waals surface area contributed by atoms with E-state index in [0.717, 1.165) is 52.5 Å². The number of carbonyl (C=O) groups excluding carboxylic acids is 1. The highest BCUT2D eigenvalue weighted by molar-refractivity contribution is 6.10. The summed E-state index contributed by atoms with van der Waals surface area (Å²) in [5.41, 5.74) is 5.26. The maximum Gasteiger partial charge on any atom is 0.165 e. The summed E-state index contributed by atoms with van der Waals surface area (Å²) < 4.78 is 0. The highest BCUT2D eigenvalue weighted by Gasteiger charge is 2.21. The molecule has 0 saturated carbocycles. The first kappa shape index (κ1) is 12.3. The molecule has 1 aromatic carbocycles. The van der Waals surface area contributed by atoms with Gasteiger partial charge in [-0.15, -0.1) is 0 Å². The number of hydrogen-bond acceptors (Lipinski definition) is 2. The quantitative estimate of drug-likeness (QED) is 0.679. The van der Waals surface area contributed by atoms with Crippen LogP contribution in [0.3, 0.4) is 0 Å². The van der Waals surface area contributed by atoms with Crippen LogP contribution < -0.4 is 0 Å². The molecule has 2 heterocycles. The molecule has 1 N–H and O–H groups in total. The van der Waals surface area contributed by atoms with Crippen molar-refractivity contribution in [2.75, 3.05) is 0 Å². The summed E-state index contributed by atoms with van der Waals surface area (Å²) in [5.74, 6) is 0.275. The zero-order chi connectivity index (χ0) is 14.2. The molecule has 104 valence electrons. The molecule has 1 aliphatic carbocycles. The molecule has 0 radical (unpaired) electrons. The van der Waals surface area contributed by atoms with Crippen LogP contribution in [0.25, 0.3) is 22.0 Å². The van der Waals surface area contributed by atoms with Gasteiger partial charge in [0.1, 0.15) is 0 Å². The van der Waals surface area contributed by atoms with Crippen molar-refractivity contribution in [3.63, 3.8) is 0 Å². The molecule has 1 aliphatic rings. The fourth-order valence-electron chi connectivity index (χ4n) is 3.18. The second kappa shape index (κ2) is 4.85. The number of fused-ring (bicyclic) bond motifs is 3. The van der Waals surface area contributed by atoms with E-state index < -0.39 is 0 Å². The number of hydrogen-bond donors (Lipinski definition) is 1. The van der Waals surface area contributed by atoms with Gasteiger partial charge in [-0.05, 0) is 43.0 Å². The Morgan fingerprint density at radius 3 is 2.81 bits per heavy atom. The zero-order valence-electron chi connectivity index (χ0n) is 11.7. The molecule has 0 amide bonds.